The monoisotopic (exact) mass is 213 g/mol. The van der Waals surface area contributed by atoms with Crippen molar-refractivity contribution in [3.05, 3.63) is 28.0 Å². The van der Waals surface area contributed by atoms with Gasteiger partial charge in [0.15, 0.2) is 5.78 Å². The van der Waals surface area contributed by atoms with Crippen LogP contribution in [0.4, 0.5) is 0 Å². The smallest absolute Gasteiger partial charge is 0.161 e. The third-order valence-electron chi connectivity index (χ3n) is 1.42. The van der Waals surface area contributed by atoms with Crippen molar-refractivity contribution in [2.75, 3.05) is 0 Å². The molecule has 0 saturated carbocycles. The standard InChI is InChI=1S/C8H8BrNO/c1-5-3-7(6(2)11)4-10-8(5)9/h3-4H,1-2H3. The van der Waals surface area contributed by atoms with Crippen LogP contribution in [0.15, 0.2) is 16.9 Å². The molecule has 0 aromatic carbocycles. The maximum Gasteiger partial charge on any atom is 0.161 e. The van der Waals surface area contributed by atoms with Gasteiger partial charge in [0.2, 0.25) is 0 Å². The summed E-state index contributed by atoms with van der Waals surface area (Å²) < 4.78 is 0.794. The Morgan fingerprint density at radius 1 is 1.64 bits per heavy atom. The zero-order valence-electron chi connectivity index (χ0n) is 6.39. The van der Waals surface area contributed by atoms with E-state index < -0.39 is 0 Å². The molecule has 1 aromatic rings. The van der Waals surface area contributed by atoms with Gasteiger partial charge in [0.25, 0.3) is 0 Å². The van der Waals surface area contributed by atoms with Crippen LogP contribution in [0.1, 0.15) is 22.8 Å². The average Bonchev–Trinajstić information content (AvgIpc) is 1.94. The second-order valence-corrected chi connectivity index (χ2v) is 3.14. The highest BCUT2D eigenvalue weighted by molar-refractivity contribution is 9.10. The van der Waals surface area contributed by atoms with Crippen LogP contribution in [0.3, 0.4) is 0 Å². The van der Waals surface area contributed by atoms with E-state index in [2.05, 4.69) is 20.9 Å². The Balaban J connectivity index is 3.15. The van der Waals surface area contributed by atoms with Gasteiger partial charge in [0, 0.05) is 11.8 Å². The number of hydrogen-bond donors (Lipinski definition) is 0. The zero-order valence-corrected chi connectivity index (χ0v) is 7.97. The Kier molecular flexibility index (Phi) is 2.39. The molecule has 2 nitrogen and oxygen atoms in total. The molecule has 0 bridgehead atoms. The van der Waals surface area contributed by atoms with Gasteiger partial charge in [-0.05, 0) is 41.4 Å². The van der Waals surface area contributed by atoms with Crippen molar-refractivity contribution in [1.82, 2.24) is 4.98 Å². The molecule has 3 heteroatoms. The maximum atomic E-state index is 10.9. The summed E-state index contributed by atoms with van der Waals surface area (Å²) in [5.41, 5.74) is 1.64. The Morgan fingerprint density at radius 3 is 2.73 bits per heavy atom. The molecule has 0 aliphatic rings. The van der Waals surface area contributed by atoms with Gasteiger partial charge >= 0.3 is 0 Å². The minimum atomic E-state index is 0.0492. The number of nitrogens with zero attached hydrogens (tertiary/aromatic N) is 1. The molecule has 0 unspecified atom stereocenters. The van der Waals surface area contributed by atoms with E-state index in [1.54, 1.807) is 6.20 Å². The Labute approximate surface area is 73.8 Å². The van der Waals surface area contributed by atoms with Gasteiger partial charge in [0.1, 0.15) is 4.60 Å². The lowest BCUT2D eigenvalue weighted by molar-refractivity contribution is 0.101. The van der Waals surface area contributed by atoms with Crippen molar-refractivity contribution in [1.29, 1.82) is 0 Å². The van der Waals surface area contributed by atoms with Crippen molar-refractivity contribution in [2.45, 2.75) is 13.8 Å². The van der Waals surface area contributed by atoms with Crippen molar-refractivity contribution in [2.24, 2.45) is 0 Å². The number of halogens is 1. The van der Waals surface area contributed by atoms with E-state index in [0.717, 1.165) is 10.2 Å². The molecule has 1 aromatic heterocycles. The number of aryl methyl sites for hydroxylation is 1. The normalized spacial score (nSPS) is 9.73. The first-order chi connectivity index (χ1) is 5.11. The number of ketones is 1. The fourth-order valence-electron chi connectivity index (χ4n) is 0.751. The highest BCUT2D eigenvalue weighted by Gasteiger charge is 2.01. The summed E-state index contributed by atoms with van der Waals surface area (Å²) in [6.07, 6.45) is 1.57. The predicted molar refractivity (Wildman–Crippen MR) is 46.7 cm³/mol. The fourth-order valence-corrected chi connectivity index (χ4v) is 0.967. The third kappa shape index (κ3) is 1.87. The van der Waals surface area contributed by atoms with Crippen molar-refractivity contribution in [3.8, 4) is 0 Å². The predicted octanol–water partition coefficient (Wildman–Crippen LogP) is 2.36. The van der Waals surface area contributed by atoms with Gasteiger partial charge < -0.3 is 0 Å². The Bertz CT molecular complexity index is 296. The quantitative estimate of drug-likeness (QED) is 0.530. The first kappa shape index (κ1) is 8.40. The number of Topliss-reactive ketones (excluding diaryl/α,β-unsaturated/α-hetero) is 1. The molecule has 11 heavy (non-hydrogen) atoms. The Hall–Kier alpha value is -0.700. The van der Waals surface area contributed by atoms with Gasteiger partial charge in [-0.3, -0.25) is 4.79 Å². The summed E-state index contributed by atoms with van der Waals surface area (Å²) in [5.74, 6) is 0.0492. The maximum absolute atomic E-state index is 10.9. The largest absolute Gasteiger partial charge is 0.294 e. The van der Waals surface area contributed by atoms with Crippen LogP contribution in [-0.2, 0) is 0 Å². The number of carbonyl (C=O) groups excluding carboxylic acids is 1. The molecule has 0 fully saturated rings. The lowest BCUT2D eigenvalue weighted by Crippen LogP contribution is -1.94. The number of carbonyl (C=O) groups is 1. The van der Waals surface area contributed by atoms with Gasteiger partial charge in [0.05, 0.1) is 0 Å². The first-order valence-electron chi connectivity index (χ1n) is 3.24. The number of hydrogen-bond acceptors (Lipinski definition) is 2. The summed E-state index contributed by atoms with van der Waals surface area (Å²) in [5, 5.41) is 0. The van der Waals surface area contributed by atoms with Crippen LogP contribution in [0.5, 0.6) is 0 Å². The first-order valence-corrected chi connectivity index (χ1v) is 4.03. The van der Waals surface area contributed by atoms with Crippen LogP contribution in [-0.4, -0.2) is 10.8 Å². The third-order valence-corrected chi connectivity index (χ3v) is 2.25. The summed E-state index contributed by atoms with van der Waals surface area (Å²) in [7, 11) is 0. The van der Waals surface area contributed by atoms with E-state index in [1.807, 2.05) is 13.0 Å². The molecular formula is C8H8BrNO. The topological polar surface area (TPSA) is 30.0 Å². The molecule has 1 heterocycles. The van der Waals surface area contributed by atoms with Crippen LogP contribution < -0.4 is 0 Å². The second-order valence-electron chi connectivity index (χ2n) is 2.39. The second kappa shape index (κ2) is 3.13. The van der Waals surface area contributed by atoms with Gasteiger partial charge in [-0.1, -0.05) is 0 Å². The van der Waals surface area contributed by atoms with Gasteiger partial charge in [-0.15, -0.1) is 0 Å². The number of aromatic nitrogens is 1. The van der Waals surface area contributed by atoms with Crippen LogP contribution in [0, 0.1) is 6.92 Å². The van der Waals surface area contributed by atoms with E-state index >= 15 is 0 Å². The van der Waals surface area contributed by atoms with Crippen molar-refractivity contribution in [3.63, 3.8) is 0 Å². The molecule has 0 aliphatic heterocycles. The minimum Gasteiger partial charge on any atom is -0.294 e. The SMILES string of the molecule is CC(=O)c1cnc(Br)c(C)c1. The van der Waals surface area contributed by atoms with E-state index in [4.69, 9.17) is 0 Å². The van der Waals surface area contributed by atoms with Crippen molar-refractivity contribution >= 4 is 21.7 Å². The minimum absolute atomic E-state index is 0.0492. The highest BCUT2D eigenvalue weighted by Crippen LogP contribution is 2.13. The lowest BCUT2D eigenvalue weighted by atomic mass is 10.2. The van der Waals surface area contributed by atoms with E-state index in [0.29, 0.717) is 5.56 Å². The van der Waals surface area contributed by atoms with Crippen LogP contribution >= 0.6 is 15.9 Å². The number of rotatable bonds is 1. The summed E-state index contributed by atoms with van der Waals surface area (Å²) >= 11 is 3.26. The van der Waals surface area contributed by atoms with E-state index in [9.17, 15) is 4.79 Å². The fraction of sp³-hybridized carbons (Fsp3) is 0.250. The van der Waals surface area contributed by atoms with Crippen LogP contribution in [0.2, 0.25) is 0 Å². The molecule has 0 aliphatic carbocycles. The average molecular weight is 214 g/mol. The van der Waals surface area contributed by atoms with Crippen molar-refractivity contribution < 1.29 is 4.79 Å². The zero-order chi connectivity index (χ0) is 8.43. The summed E-state index contributed by atoms with van der Waals surface area (Å²) in [6.45, 7) is 3.44. The lowest BCUT2D eigenvalue weighted by Gasteiger charge is -1.98. The van der Waals surface area contributed by atoms with Gasteiger partial charge in [-0.2, -0.15) is 0 Å². The number of pyridine rings is 1. The Morgan fingerprint density at radius 2 is 2.27 bits per heavy atom. The summed E-state index contributed by atoms with van der Waals surface area (Å²) in [4.78, 5) is 14.8. The molecule has 0 N–H and O–H groups in total. The molecule has 0 atom stereocenters. The molecule has 0 amide bonds. The molecule has 58 valence electrons. The molecule has 0 saturated heterocycles. The van der Waals surface area contributed by atoms with Crippen LogP contribution in [0.25, 0.3) is 0 Å². The summed E-state index contributed by atoms with van der Waals surface area (Å²) in [6, 6.07) is 1.82. The molecule has 0 radical (unpaired) electrons. The molecule has 0 spiro atoms. The van der Waals surface area contributed by atoms with E-state index in [-0.39, 0.29) is 5.78 Å². The highest BCUT2D eigenvalue weighted by atomic mass is 79.9. The van der Waals surface area contributed by atoms with Gasteiger partial charge in [-0.25, -0.2) is 4.98 Å². The molecule has 1 rings (SSSR count). The van der Waals surface area contributed by atoms with E-state index in [1.165, 1.54) is 6.92 Å². The molecular weight excluding hydrogens is 206 g/mol.